The number of amides is 1. The second-order valence-corrected chi connectivity index (χ2v) is 5.47. The summed E-state index contributed by atoms with van der Waals surface area (Å²) in [6.07, 6.45) is 1.29. The van der Waals surface area contributed by atoms with Crippen molar-refractivity contribution >= 4 is 34.9 Å². The average molecular weight is 356 g/mol. The molecule has 0 atom stereocenters. The number of carbonyl (C=O) groups excluding carboxylic acids is 1. The van der Waals surface area contributed by atoms with E-state index in [9.17, 15) is 14.9 Å². The predicted molar refractivity (Wildman–Crippen MR) is 95.5 cm³/mol. The van der Waals surface area contributed by atoms with Crippen LogP contribution in [0, 0.1) is 18.3 Å². The number of carbonyl (C=O) groups is 2. The highest BCUT2D eigenvalue weighted by Gasteiger charge is 2.10. The summed E-state index contributed by atoms with van der Waals surface area (Å²) in [6, 6.07) is 12.7. The van der Waals surface area contributed by atoms with Gasteiger partial charge < -0.3 is 15.7 Å². The molecule has 6 nitrogen and oxygen atoms in total. The van der Waals surface area contributed by atoms with Crippen LogP contribution >= 0.6 is 11.6 Å². The summed E-state index contributed by atoms with van der Waals surface area (Å²) in [5.41, 5.74) is 1.82. The van der Waals surface area contributed by atoms with Gasteiger partial charge in [0.05, 0.1) is 5.56 Å². The number of nitrogens with one attached hydrogen (secondary N) is 2. The zero-order valence-corrected chi connectivity index (χ0v) is 14.0. The Labute approximate surface area is 149 Å². The molecule has 7 heteroatoms. The molecular formula is C18H14ClN3O3. The van der Waals surface area contributed by atoms with Crippen LogP contribution in [0.15, 0.2) is 54.2 Å². The van der Waals surface area contributed by atoms with E-state index in [4.69, 9.17) is 16.7 Å². The Morgan fingerprint density at radius 1 is 1.20 bits per heavy atom. The van der Waals surface area contributed by atoms with E-state index in [0.717, 1.165) is 5.56 Å². The molecular weight excluding hydrogens is 342 g/mol. The molecule has 0 aliphatic rings. The van der Waals surface area contributed by atoms with Crippen molar-refractivity contribution < 1.29 is 14.7 Å². The minimum atomic E-state index is -1.06. The summed E-state index contributed by atoms with van der Waals surface area (Å²) < 4.78 is 0. The van der Waals surface area contributed by atoms with Crippen molar-refractivity contribution in [3.63, 3.8) is 0 Å². The highest BCUT2D eigenvalue weighted by Crippen LogP contribution is 2.23. The second kappa shape index (κ2) is 7.99. The topological polar surface area (TPSA) is 102 Å². The fraction of sp³-hybridized carbons (Fsp3) is 0.0556. The van der Waals surface area contributed by atoms with Crippen molar-refractivity contribution in [2.45, 2.75) is 6.92 Å². The molecule has 2 aromatic rings. The molecule has 0 spiro atoms. The molecule has 0 aliphatic carbocycles. The number of nitriles is 1. The van der Waals surface area contributed by atoms with Gasteiger partial charge in [-0.25, -0.2) is 4.79 Å². The fourth-order valence-corrected chi connectivity index (χ4v) is 2.13. The Hall–Kier alpha value is -3.30. The van der Waals surface area contributed by atoms with E-state index in [1.807, 2.05) is 13.0 Å². The van der Waals surface area contributed by atoms with Crippen LogP contribution in [0.3, 0.4) is 0 Å². The van der Waals surface area contributed by atoms with Crippen LogP contribution in [0.5, 0.6) is 0 Å². The molecule has 0 heterocycles. The molecule has 0 aliphatic heterocycles. The quantitative estimate of drug-likeness (QED) is 0.559. The van der Waals surface area contributed by atoms with Gasteiger partial charge in [0.1, 0.15) is 11.6 Å². The third-order valence-corrected chi connectivity index (χ3v) is 3.80. The lowest BCUT2D eigenvalue weighted by Crippen LogP contribution is -2.14. The van der Waals surface area contributed by atoms with Gasteiger partial charge in [0.15, 0.2) is 0 Å². The van der Waals surface area contributed by atoms with Crippen molar-refractivity contribution in [1.82, 2.24) is 0 Å². The van der Waals surface area contributed by atoms with Gasteiger partial charge in [-0.15, -0.1) is 0 Å². The number of rotatable bonds is 5. The van der Waals surface area contributed by atoms with Crippen LogP contribution in [0.2, 0.25) is 5.02 Å². The van der Waals surface area contributed by atoms with Crippen LogP contribution in [0.1, 0.15) is 15.9 Å². The molecule has 0 saturated carbocycles. The largest absolute Gasteiger partial charge is 0.478 e. The van der Waals surface area contributed by atoms with E-state index in [0.29, 0.717) is 16.4 Å². The smallest absolute Gasteiger partial charge is 0.335 e. The predicted octanol–water partition coefficient (Wildman–Crippen LogP) is 3.80. The van der Waals surface area contributed by atoms with Crippen molar-refractivity contribution in [1.29, 1.82) is 5.26 Å². The Bertz CT molecular complexity index is 883. The molecule has 0 fully saturated rings. The van der Waals surface area contributed by atoms with Gasteiger partial charge in [-0.05, 0) is 48.9 Å². The molecule has 0 saturated heterocycles. The average Bonchev–Trinajstić information content (AvgIpc) is 2.59. The number of anilines is 2. The molecule has 25 heavy (non-hydrogen) atoms. The van der Waals surface area contributed by atoms with Crippen molar-refractivity contribution in [3.05, 3.63) is 70.4 Å². The number of hydrogen-bond donors (Lipinski definition) is 3. The number of nitrogens with zero attached hydrogens (tertiary/aromatic N) is 1. The first-order valence-corrected chi connectivity index (χ1v) is 7.57. The van der Waals surface area contributed by atoms with Crippen molar-refractivity contribution in [2.24, 2.45) is 0 Å². The lowest BCUT2D eigenvalue weighted by molar-refractivity contribution is -0.112. The van der Waals surface area contributed by atoms with Gasteiger partial charge in [0.25, 0.3) is 5.91 Å². The van der Waals surface area contributed by atoms with E-state index in [-0.39, 0.29) is 11.1 Å². The maximum absolute atomic E-state index is 12.2. The first-order valence-electron chi connectivity index (χ1n) is 7.19. The zero-order valence-electron chi connectivity index (χ0n) is 13.2. The normalized spacial score (nSPS) is 10.7. The number of aromatic carboxylic acids is 1. The minimum absolute atomic E-state index is 0.104. The van der Waals surface area contributed by atoms with Gasteiger partial charge in [-0.2, -0.15) is 5.26 Å². The van der Waals surface area contributed by atoms with Crippen LogP contribution < -0.4 is 10.6 Å². The SMILES string of the molecule is Cc1c(Cl)cccc1N/C=C(/C#N)C(=O)Nc1ccc(C(=O)O)cc1. The lowest BCUT2D eigenvalue weighted by Gasteiger charge is -2.08. The van der Waals surface area contributed by atoms with Crippen LogP contribution in [-0.2, 0) is 4.79 Å². The summed E-state index contributed by atoms with van der Waals surface area (Å²) >= 11 is 6.02. The number of hydrogen-bond acceptors (Lipinski definition) is 4. The molecule has 0 bridgehead atoms. The zero-order chi connectivity index (χ0) is 18.4. The molecule has 2 rings (SSSR count). The van der Waals surface area contributed by atoms with E-state index < -0.39 is 11.9 Å². The Balaban J connectivity index is 2.11. The molecule has 126 valence electrons. The van der Waals surface area contributed by atoms with Gasteiger partial charge >= 0.3 is 5.97 Å². The second-order valence-electron chi connectivity index (χ2n) is 5.06. The Morgan fingerprint density at radius 2 is 1.88 bits per heavy atom. The lowest BCUT2D eigenvalue weighted by atomic mass is 10.2. The van der Waals surface area contributed by atoms with E-state index >= 15 is 0 Å². The molecule has 2 aromatic carbocycles. The first-order chi connectivity index (χ1) is 11.9. The highest BCUT2D eigenvalue weighted by molar-refractivity contribution is 6.31. The summed E-state index contributed by atoms with van der Waals surface area (Å²) in [4.78, 5) is 23.0. The number of carboxylic acids is 1. The standard InChI is InChI=1S/C18H14ClN3O3/c1-11-15(19)3-2-4-16(11)21-10-13(9-20)17(23)22-14-7-5-12(6-8-14)18(24)25/h2-8,10,21H,1H3,(H,22,23)(H,24,25)/b13-10-. The van der Waals surface area contributed by atoms with Gasteiger partial charge in [0, 0.05) is 22.6 Å². The van der Waals surface area contributed by atoms with Crippen LogP contribution in [0.4, 0.5) is 11.4 Å². The fourth-order valence-electron chi connectivity index (χ4n) is 1.96. The Morgan fingerprint density at radius 3 is 2.48 bits per heavy atom. The molecule has 0 unspecified atom stereocenters. The third-order valence-electron chi connectivity index (χ3n) is 3.39. The molecule has 1 amide bonds. The van der Waals surface area contributed by atoms with Gasteiger partial charge in [-0.1, -0.05) is 17.7 Å². The number of halogens is 1. The van der Waals surface area contributed by atoms with E-state index in [2.05, 4.69) is 10.6 Å². The van der Waals surface area contributed by atoms with E-state index in [1.54, 1.807) is 18.2 Å². The molecule has 0 aromatic heterocycles. The Kier molecular flexibility index (Phi) is 5.77. The third kappa shape index (κ3) is 4.59. The maximum atomic E-state index is 12.2. The molecule has 0 radical (unpaired) electrons. The summed E-state index contributed by atoms with van der Waals surface area (Å²) in [5, 5.41) is 24.0. The highest BCUT2D eigenvalue weighted by atomic mass is 35.5. The van der Waals surface area contributed by atoms with Crippen molar-refractivity contribution in [2.75, 3.05) is 10.6 Å². The maximum Gasteiger partial charge on any atom is 0.335 e. The number of carboxylic acid groups (broad SMARTS) is 1. The minimum Gasteiger partial charge on any atom is -0.478 e. The van der Waals surface area contributed by atoms with Crippen molar-refractivity contribution in [3.8, 4) is 6.07 Å². The molecule has 3 N–H and O–H groups in total. The summed E-state index contributed by atoms with van der Waals surface area (Å²) in [6.45, 7) is 1.81. The number of benzene rings is 2. The summed E-state index contributed by atoms with van der Waals surface area (Å²) in [7, 11) is 0. The summed E-state index contributed by atoms with van der Waals surface area (Å²) in [5.74, 6) is -1.67. The first kappa shape index (κ1) is 18.0. The van der Waals surface area contributed by atoms with Gasteiger partial charge in [-0.3, -0.25) is 4.79 Å². The van der Waals surface area contributed by atoms with Crippen LogP contribution in [0.25, 0.3) is 0 Å². The monoisotopic (exact) mass is 355 g/mol. The van der Waals surface area contributed by atoms with Crippen LogP contribution in [-0.4, -0.2) is 17.0 Å². The van der Waals surface area contributed by atoms with E-state index in [1.165, 1.54) is 30.5 Å². The van der Waals surface area contributed by atoms with Gasteiger partial charge in [0.2, 0.25) is 0 Å².